The number of aliphatic hydroxyl groups is 1. The molecule has 0 saturated carbocycles. The molecule has 2 aromatic heterocycles. The number of fused-ring (bicyclic) bond motifs is 1. The number of hydrogen-bond acceptors (Lipinski definition) is 3. The normalized spacial score (nSPS) is 12.4. The molecule has 1 amide bonds. The number of benzene rings is 1. The number of carbonyl (C=O) groups is 1. The Morgan fingerprint density at radius 2 is 1.86 bits per heavy atom. The van der Waals surface area contributed by atoms with Gasteiger partial charge in [0, 0.05) is 11.2 Å². The van der Waals surface area contributed by atoms with Gasteiger partial charge in [0.05, 0.1) is 28.7 Å². The fraction of sp³-hybridized carbons (Fsp3) is 0.263. The van der Waals surface area contributed by atoms with Gasteiger partial charge in [-0.15, -0.1) is 5.10 Å². The SMILES string of the molecule is CC(C)(O)CC(=O)Nc1nn2ccc(C(F)(F)F)cc2c1-c1ccc(Cl)cc1. The molecule has 5 nitrogen and oxygen atoms in total. The smallest absolute Gasteiger partial charge is 0.390 e. The third kappa shape index (κ3) is 4.45. The van der Waals surface area contributed by atoms with Gasteiger partial charge in [-0.3, -0.25) is 4.79 Å². The number of rotatable bonds is 4. The van der Waals surface area contributed by atoms with Gasteiger partial charge in [0.25, 0.3) is 0 Å². The van der Waals surface area contributed by atoms with Crippen LogP contribution in [0.25, 0.3) is 16.6 Å². The first-order valence-corrected chi connectivity index (χ1v) is 8.69. The van der Waals surface area contributed by atoms with Gasteiger partial charge in [-0.2, -0.15) is 13.2 Å². The molecule has 0 spiro atoms. The average Bonchev–Trinajstić information content (AvgIpc) is 2.89. The average molecular weight is 412 g/mol. The molecule has 2 heterocycles. The molecule has 0 aliphatic rings. The van der Waals surface area contributed by atoms with Crippen molar-refractivity contribution in [3.05, 3.63) is 53.2 Å². The van der Waals surface area contributed by atoms with Crippen molar-refractivity contribution in [3.63, 3.8) is 0 Å². The van der Waals surface area contributed by atoms with Crippen molar-refractivity contribution < 1.29 is 23.1 Å². The Labute approximate surface area is 163 Å². The first kappa shape index (κ1) is 20.2. The fourth-order valence-electron chi connectivity index (χ4n) is 2.78. The maximum absolute atomic E-state index is 13.2. The predicted molar refractivity (Wildman–Crippen MR) is 100 cm³/mol. The second-order valence-corrected chi connectivity index (χ2v) is 7.45. The van der Waals surface area contributed by atoms with Gasteiger partial charge in [-0.05, 0) is 43.7 Å². The zero-order valence-electron chi connectivity index (χ0n) is 15.0. The molecule has 0 fully saturated rings. The van der Waals surface area contributed by atoms with Crippen LogP contribution in [0.3, 0.4) is 0 Å². The van der Waals surface area contributed by atoms with Crippen LogP contribution in [0.4, 0.5) is 19.0 Å². The number of anilines is 1. The molecular weight excluding hydrogens is 395 g/mol. The predicted octanol–water partition coefficient (Wildman–Crippen LogP) is 4.77. The van der Waals surface area contributed by atoms with E-state index in [2.05, 4.69) is 10.4 Å². The van der Waals surface area contributed by atoms with Crippen molar-refractivity contribution in [1.82, 2.24) is 9.61 Å². The molecule has 148 valence electrons. The largest absolute Gasteiger partial charge is 0.416 e. The van der Waals surface area contributed by atoms with Gasteiger partial charge in [0.1, 0.15) is 0 Å². The molecule has 0 radical (unpaired) electrons. The molecule has 28 heavy (non-hydrogen) atoms. The molecule has 9 heteroatoms. The van der Waals surface area contributed by atoms with Crippen molar-refractivity contribution in [1.29, 1.82) is 0 Å². The van der Waals surface area contributed by atoms with Gasteiger partial charge < -0.3 is 10.4 Å². The summed E-state index contributed by atoms with van der Waals surface area (Å²) >= 11 is 5.91. The number of aromatic nitrogens is 2. The maximum Gasteiger partial charge on any atom is 0.416 e. The van der Waals surface area contributed by atoms with Crippen LogP contribution in [0.15, 0.2) is 42.6 Å². The summed E-state index contributed by atoms with van der Waals surface area (Å²) in [6.07, 6.45) is -3.54. The highest BCUT2D eigenvalue weighted by molar-refractivity contribution is 6.30. The third-order valence-electron chi connectivity index (χ3n) is 3.95. The minimum Gasteiger partial charge on any atom is -0.390 e. The lowest BCUT2D eigenvalue weighted by molar-refractivity contribution is -0.137. The number of pyridine rings is 1. The van der Waals surface area contributed by atoms with Gasteiger partial charge in [0.15, 0.2) is 5.82 Å². The van der Waals surface area contributed by atoms with Crippen LogP contribution >= 0.6 is 11.6 Å². The third-order valence-corrected chi connectivity index (χ3v) is 4.20. The highest BCUT2D eigenvalue weighted by atomic mass is 35.5. The number of carbonyl (C=O) groups excluding carboxylic acids is 1. The molecule has 0 aliphatic heterocycles. The van der Waals surface area contributed by atoms with E-state index in [0.717, 1.165) is 12.1 Å². The van der Waals surface area contributed by atoms with E-state index in [-0.39, 0.29) is 17.8 Å². The maximum atomic E-state index is 13.2. The fourth-order valence-corrected chi connectivity index (χ4v) is 2.91. The van der Waals surface area contributed by atoms with Gasteiger partial charge in [0.2, 0.25) is 5.91 Å². The zero-order chi connectivity index (χ0) is 20.7. The van der Waals surface area contributed by atoms with Crippen molar-refractivity contribution in [2.45, 2.75) is 32.0 Å². The summed E-state index contributed by atoms with van der Waals surface area (Å²) in [7, 11) is 0. The molecule has 1 aromatic carbocycles. The van der Waals surface area contributed by atoms with E-state index in [4.69, 9.17) is 11.6 Å². The molecule has 0 unspecified atom stereocenters. The summed E-state index contributed by atoms with van der Waals surface area (Å²) in [4.78, 5) is 12.2. The summed E-state index contributed by atoms with van der Waals surface area (Å²) in [5.74, 6) is -0.418. The standard InChI is InChI=1S/C19H17ClF3N3O2/c1-18(2,28)10-15(27)24-17-16(11-3-5-13(20)6-4-11)14-9-12(19(21,22)23)7-8-26(14)25-17/h3-9,28H,10H2,1-2H3,(H,24,25,27). The molecule has 0 saturated heterocycles. The number of hydrogen-bond donors (Lipinski definition) is 2. The van der Waals surface area contributed by atoms with Crippen molar-refractivity contribution in [2.75, 3.05) is 5.32 Å². The molecule has 0 aliphatic carbocycles. The van der Waals surface area contributed by atoms with Crippen LogP contribution in [0.2, 0.25) is 5.02 Å². The van der Waals surface area contributed by atoms with Crippen LogP contribution < -0.4 is 5.32 Å². The van der Waals surface area contributed by atoms with E-state index in [0.29, 0.717) is 16.1 Å². The summed E-state index contributed by atoms with van der Waals surface area (Å²) in [6.45, 7) is 2.96. The summed E-state index contributed by atoms with van der Waals surface area (Å²) in [5.41, 5.74) is -1.03. The minimum atomic E-state index is -4.52. The topological polar surface area (TPSA) is 66.6 Å². The Morgan fingerprint density at radius 3 is 2.43 bits per heavy atom. The second kappa shape index (κ2) is 7.10. The molecule has 0 bridgehead atoms. The van der Waals surface area contributed by atoms with E-state index in [1.165, 1.54) is 24.6 Å². The van der Waals surface area contributed by atoms with Crippen LogP contribution in [0.5, 0.6) is 0 Å². The van der Waals surface area contributed by atoms with Gasteiger partial charge in [-0.25, -0.2) is 4.52 Å². The second-order valence-electron chi connectivity index (χ2n) is 7.01. The number of alkyl halides is 3. The van der Waals surface area contributed by atoms with E-state index in [1.807, 2.05) is 0 Å². The van der Waals surface area contributed by atoms with Gasteiger partial charge >= 0.3 is 6.18 Å². The van der Waals surface area contributed by atoms with Crippen molar-refractivity contribution >= 4 is 28.8 Å². The highest BCUT2D eigenvalue weighted by Crippen LogP contribution is 2.36. The van der Waals surface area contributed by atoms with Crippen LogP contribution in [0, 0.1) is 0 Å². The van der Waals surface area contributed by atoms with Crippen LogP contribution in [-0.2, 0) is 11.0 Å². The van der Waals surface area contributed by atoms with Crippen LogP contribution in [0.1, 0.15) is 25.8 Å². The number of amides is 1. The van der Waals surface area contributed by atoms with Crippen molar-refractivity contribution in [2.24, 2.45) is 0 Å². The molecule has 2 N–H and O–H groups in total. The van der Waals surface area contributed by atoms with E-state index < -0.39 is 23.2 Å². The quantitative estimate of drug-likeness (QED) is 0.649. The molecule has 0 atom stereocenters. The van der Waals surface area contributed by atoms with E-state index >= 15 is 0 Å². The molecule has 3 rings (SSSR count). The Kier molecular flexibility index (Phi) is 5.12. The molecular formula is C19H17ClF3N3O2. The Bertz CT molecular complexity index is 1020. The summed E-state index contributed by atoms with van der Waals surface area (Å²) < 4.78 is 40.7. The minimum absolute atomic E-state index is 0.0934. The lowest BCUT2D eigenvalue weighted by atomic mass is 10.0. The Hall–Kier alpha value is -2.58. The number of nitrogens with one attached hydrogen (secondary N) is 1. The van der Waals surface area contributed by atoms with Crippen molar-refractivity contribution in [3.8, 4) is 11.1 Å². The van der Waals surface area contributed by atoms with Crippen LogP contribution in [-0.4, -0.2) is 26.2 Å². The first-order chi connectivity index (χ1) is 12.9. The summed E-state index contributed by atoms with van der Waals surface area (Å²) in [6, 6.07) is 8.33. The monoisotopic (exact) mass is 411 g/mol. The highest BCUT2D eigenvalue weighted by Gasteiger charge is 2.31. The molecule has 3 aromatic rings. The first-order valence-electron chi connectivity index (χ1n) is 8.32. The van der Waals surface area contributed by atoms with E-state index in [9.17, 15) is 23.1 Å². The van der Waals surface area contributed by atoms with E-state index in [1.54, 1.807) is 24.3 Å². The number of halogens is 4. The lowest BCUT2D eigenvalue weighted by Crippen LogP contribution is -2.27. The Morgan fingerprint density at radius 1 is 1.21 bits per heavy atom. The summed E-state index contributed by atoms with van der Waals surface area (Å²) in [5, 5.41) is 17.1. The Balaban J connectivity index is 2.15. The number of nitrogens with zero attached hydrogens (tertiary/aromatic N) is 2. The van der Waals surface area contributed by atoms with Gasteiger partial charge in [-0.1, -0.05) is 23.7 Å². The zero-order valence-corrected chi connectivity index (χ0v) is 15.8. The lowest BCUT2D eigenvalue weighted by Gasteiger charge is -2.16.